The third-order valence-electron chi connectivity index (χ3n) is 3.75. The van der Waals surface area contributed by atoms with Gasteiger partial charge in [-0.15, -0.1) is 5.10 Å². The van der Waals surface area contributed by atoms with Gasteiger partial charge in [0.2, 0.25) is 16.9 Å². The van der Waals surface area contributed by atoms with Crippen molar-refractivity contribution in [2.45, 2.75) is 24.3 Å². The van der Waals surface area contributed by atoms with Crippen molar-refractivity contribution < 1.29 is 14.1 Å². The van der Waals surface area contributed by atoms with Crippen molar-refractivity contribution in [3.63, 3.8) is 0 Å². The van der Waals surface area contributed by atoms with Gasteiger partial charge in [0.25, 0.3) is 0 Å². The molecule has 1 unspecified atom stereocenters. The Kier molecular flexibility index (Phi) is 5.64. The molecule has 0 spiro atoms. The van der Waals surface area contributed by atoms with Gasteiger partial charge in [-0.05, 0) is 54.1 Å². The quantitative estimate of drug-likeness (QED) is 0.382. The zero-order chi connectivity index (χ0) is 20.3. The summed E-state index contributed by atoms with van der Waals surface area (Å²) in [4.78, 5) is 22.4. The maximum Gasteiger partial charge on any atom is 0.306 e. The number of aryl methyl sites for hydroxylation is 1. The number of nitrogens with zero attached hydrogens (tertiary/aromatic N) is 5. The van der Waals surface area contributed by atoms with E-state index in [1.807, 2.05) is 31.2 Å². The molecule has 28 heavy (non-hydrogen) atoms. The van der Waals surface area contributed by atoms with Crippen molar-refractivity contribution in [3.8, 4) is 5.69 Å². The zero-order valence-corrected chi connectivity index (χ0v) is 15.7. The largest absolute Gasteiger partial charge is 0.325 e. The Bertz CT molecular complexity index is 1040. The van der Waals surface area contributed by atoms with Crippen LogP contribution in [0, 0.1) is 22.9 Å². The van der Waals surface area contributed by atoms with Gasteiger partial charge in [0.15, 0.2) is 0 Å². The molecule has 1 aromatic heterocycles. The van der Waals surface area contributed by atoms with Crippen LogP contribution < -0.4 is 5.32 Å². The van der Waals surface area contributed by atoms with Crippen LogP contribution in [0.25, 0.3) is 5.69 Å². The number of thioether (sulfide) groups is 1. The highest BCUT2D eigenvalue weighted by atomic mass is 32.2. The van der Waals surface area contributed by atoms with Crippen molar-refractivity contribution >= 4 is 29.0 Å². The monoisotopic (exact) mass is 402 g/mol. The summed E-state index contributed by atoms with van der Waals surface area (Å²) in [5.74, 6) is -1.40. The number of tetrazole rings is 1. The van der Waals surface area contributed by atoms with Crippen molar-refractivity contribution in [2.24, 2.45) is 0 Å². The summed E-state index contributed by atoms with van der Waals surface area (Å²) in [6, 6.07) is 10.7. The molecule has 0 aliphatic heterocycles. The molecule has 1 amide bonds. The Hall–Kier alpha value is -3.34. The Morgan fingerprint density at radius 2 is 2.11 bits per heavy atom. The Labute approximate surface area is 163 Å². The number of amides is 1. The van der Waals surface area contributed by atoms with E-state index >= 15 is 0 Å². The van der Waals surface area contributed by atoms with E-state index in [0.29, 0.717) is 5.16 Å². The first-order valence-corrected chi connectivity index (χ1v) is 9.00. The standard InChI is InChI=1S/C17H15FN6O3S/c1-10-4-3-5-13(8-10)23-17(20-21-22-23)28-11(2)16(25)19-12-6-7-14(18)15(9-12)24(26)27/h3-9,11H,1-2H3,(H,19,25). The third kappa shape index (κ3) is 4.31. The highest BCUT2D eigenvalue weighted by molar-refractivity contribution is 8.00. The number of benzene rings is 2. The number of hydrogen-bond acceptors (Lipinski definition) is 7. The number of nitro benzene ring substituents is 1. The minimum atomic E-state index is -0.970. The second-order valence-corrected chi connectivity index (χ2v) is 7.19. The molecular weight excluding hydrogens is 387 g/mol. The first-order valence-electron chi connectivity index (χ1n) is 8.12. The Morgan fingerprint density at radius 1 is 1.32 bits per heavy atom. The highest BCUT2D eigenvalue weighted by Gasteiger charge is 2.21. The molecule has 0 fully saturated rings. The van der Waals surface area contributed by atoms with Crippen LogP contribution in [0.5, 0.6) is 0 Å². The Morgan fingerprint density at radius 3 is 2.82 bits per heavy atom. The number of aromatic nitrogens is 4. The lowest BCUT2D eigenvalue weighted by Gasteiger charge is -2.12. The van der Waals surface area contributed by atoms with Crippen molar-refractivity contribution in [1.29, 1.82) is 0 Å². The van der Waals surface area contributed by atoms with Crippen LogP contribution in [0.2, 0.25) is 0 Å². The van der Waals surface area contributed by atoms with Crippen LogP contribution in [0.4, 0.5) is 15.8 Å². The first-order chi connectivity index (χ1) is 13.3. The topological polar surface area (TPSA) is 116 Å². The number of carbonyl (C=O) groups excluding carboxylic acids is 1. The molecular formula is C17H15FN6O3S. The summed E-state index contributed by atoms with van der Waals surface area (Å²) < 4.78 is 14.9. The molecule has 3 aromatic rings. The van der Waals surface area contributed by atoms with E-state index in [9.17, 15) is 19.3 Å². The lowest BCUT2D eigenvalue weighted by Crippen LogP contribution is -2.23. The van der Waals surface area contributed by atoms with E-state index in [-0.39, 0.29) is 5.69 Å². The summed E-state index contributed by atoms with van der Waals surface area (Å²) >= 11 is 1.13. The predicted molar refractivity (Wildman–Crippen MR) is 101 cm³/mol. The van der Waals surface area contributed by atoms with Crippen LogP contribution in [-0.2, 0) is 4.79 Å². The lowest BCUT2D eigenvalue weighted by atomic mass is 10.2. The number of carbonyl (C=O) groups is 1. The van der Waals surface area contributed by atoms with E-state index < -0.39 is 27.6 Å². The van der Waals surface area contributed by atoms with E-state index in [1.165, 1.54) is 10.7 Å². The molecule has 0 radical (unpaired) electrons. The summed E-state index contributed by atoms with van der Waals surface area (Å²) in [5, 5.41) is 24.7. The van der Waals surface area contributed by atoms with Gasteiger partial charge in [0.05, 0.1) is 15.9 Å². The van der Waals surface area contributed by atoms with E-state index in [4.69, 9.17) is 0 Å². The average molecular weight is 402 g/mol. The molecule has 0 bridgehead atoms. The first kappa shape index (κ1) is 19.4. The van der Waals surface area contributed by atoms with Gasteiger partial charge < -0.3 is 5.32 Å². The maximum atomic E-state index is 13.4. The molecule has 0 saturated carbocycles. The normalized spacial score (nSPS) is 11.8. The molecule has 11 heteroatoms. The maximum absolute atomic E-state index is 13.4. The number of nitrogens with one attached hydrogen (secondary N) is 1. The van der Waals surface area contributed by atoms with Gasteiger partial charge in [0, 0.05) is 11.8 Å². The average Bonchev–Trinajstić information content (AvgIpc) is 3.11. The molecule has 1 heterocycles. The van der Waals surface area contributed by atoms with E-state index in [2.05, 4.69) is 20.8 Å². The molecule has 0 aliphatic rings. The van der Waals surface area contributed by atoms with Gasteiger partial charge in [-0.25, -0.2) is 0 Å². The van der Waals surface area contributed by atoms with Crippen LogP contribution in [0.15, 0.2) is 47.6 Å². The second-order valence-electron chi connectivity index (χ2n) is 5.88. The molecule has 1 atom stereocenters. The minimum Gasteiger partial charge on any atom is -0.325 e. The fourth-order valence-electron chi connectivity index (χ4n) is 2.36. The van der Waals surface area contributed by atoms with Crippen molar-refractivity contribution in [1.82, 2.24) is 20.2 Å². The highest BCUT2D eigenvalue weighted by Crippen LogP contribution is 2.26. The molecule has 2 aromatic carbocycles. The number of anilines is 1. The minimum absolute atomic E-state index is 0.129. The summed E-state index contributed by atoms with van der Waals surface area (Å²) in [5.41, 5.74) is 1.22. The van der Waals surface area contributed by atoms with Gasteiger partial charge in [-0.3, -0.25) is 14.9 Å². The number of rotatable bonds is 6. The summed E-state index contributed by atoms with van der Waals surface area (Å²) in [7, 11) is 0. The molecule has 9 nitrogen and oxygen atoms in total. The van der Waals surface area contributed by atoms with E-state index in [1.54, 1.807) is 6.92 Å². The summed E-state index contributed by atoms with van der Waals surface area (Å²) in [6.07, 6.45) is 0. The lowest BCUT2D eigenvalue weighted by molar-refractivity contribution is -0.387. The number of hydrogen-bond donors (Lipinski definition) is 1. The Balaban J connectivity index is 1.73. The van der Waals surface area contributed by atoms with Crippen LogP contribution in [-0.4, -0.2) is 36.3 Å². The molecule has 0 saturated heterocycles. The number of nitro groups is 1. The molecule has 1 N–H and O–H groups in total. The number of halogens is 1. The van der Waals surface area contributed by atoms with Crippen LogP contribution >= 0.6 is 11.8 Å². The van der Waals surface area contributed by atoms with Crippen molar-refractivity contribution in [2.75, 3.05) is 5.32 Å². The van der Waals surface area contributed by atoms with Gasteiger partial charge >= 0.3 is 5.69 Å². The second kappa shape index (κ2) is 8.13. The fourth-order valence-corrected chi connectivity index (χ4v) is 3.17. The van der Waals surface area contributed by atoms with E-state index in [0.717, 1.165) is 35.1 Å². The predicted octanol–water partition coefficient (Wildman–Crippen LogP) is 3.14. The van der Waals surface area contributed by atoms with Crippen LogP contribution in [0.1, 0.15) is 12.5 Å². The zero-order valence-electron chi connectivity index (χ0n) is 14.9. The summed E-state index contributed by atoms with van der Waals surface area (Å²) in [6.45, 7) is 3.59. The van der Waals surface area contributed by atoms with Gasteiger partial charge in [-0.1, -0.05) is 23.9 Å². The molecule has 0 aliphatic carbocycles. The molecule has 144 valence electrons. The SMILES string of the molecule is Cc1cccc(-n2nnnc2SC(C)C(=O)Nc2ccc(F)c([N+](=O)[O-])c2)c1. The van der Waals surface area contributed by atoms with Crippen molar-refractivity contribution in [3.05, 3.63) is 64.0 Å². The van der Waals surface area contributed by atoms with Gasteiger partial charge in [-0.2, -0.15) is 9.07 Å². The van der Waals surface area contributed by atoms with Gasteiger partial charge in [0.1, 0.15) is 0 Å². The smallest absolute Gasteiger partial charge is 0.306 e. The fraction of sp³-hybridized carbons (Fsp3) is 0.176. The van der Waals surface area contributed by atoms with Crippen LogP contribution in [0.3, 0.4) is 0 Å². The third-order valence-corrected chi connectivity index (χ3v) is 4.78. The molecule has 3 rings (SSSR count).